The lowest BCUT2D eigenvalue weighted by atomic mass is 10.2. The molecule has 100 valence electrons. The number of guanidine groups is 1. The van der Waals surface area contributed by atoms with Gasteiger partial charge in [0.2, 0.25) is 5.96 Å². The zero-order valence-corrected chi connectivity index (χ0v) is 11.3. The Hall–Kier alpha value is -2.80. The largest absolute Gasteiger partial charge is 0.341 e. The number of nitrogens with zero attached hydrogens (tertiary/aromatic N) is 3. The maximum absolute atomic E-state index is 8.86. The van der Waals surface area contributed by atoms with Crippen molar-refractivity contribution >= 4 is 11.6 Å². The van der Waals surface area contributed by atoms with Gasteiger partial charge in [-0.25, -0.2) is 4.99 Å². The fourth-order valence-electron chi connectivity index (χ4n) is 1.82. The topological polar surface area (TPSA) is 51.4 Å². The molecule has 0 aromatic heterocycles. The first-order chi connectivity index (χ1) is 9.79. The van der Waals surface area contributed by atoms with E-state index in [1.54, 1.807) is 0 Å². The predicted molar refractivity (Wildman–Crippen MR) is 80.2 cm³/mol. The van der Waals surface area contributed by atoms with Crippen LogP contribution in [0.4, 0.5) is 5.69 Å². The molecule has 0 saturated heterocycles. The van der Waals surface area contributed by atoms with Crippen molar-refractivity contribution in [3.05, 3.63) is 66.2 Å². The average molecular weight is 264 g/mol. The molecule has 2 aromatic carbocycles. The molecule has 0 bridgehead atoms. The lowest BCUT2D eigenvalue weighted by Gasteiger charge is -2.19. The van der Waals surface area contributed by atoms with E-state index in [-0.39, 0.29) is 0 Å². The summed E-state index contributed by atoms with van der Waals surface area (Å²) in [4.78, 5) is 6.36. The highest BCUT2D eigenvalue weighted by Crippen LogP contribution is 2.11. The Morgan fingerprint density at radius 1 is 1.10 bits per heavy atom. The van der Waals surface area contributed by atoms with E-state index < -0.39 is 0 Å². The van der Waals surface area contributed by atoms with Crippen molar-refractivity contribution in [3.63, 3.8) is 0 Å². The number of benzene rings is 2. The molecule has 4 nitrogen and oxygen atoms in total. The number of rotatable bonds is 3. The van der Waals surface area contributed by atoms with Crippen molar-refractivity contribution in [2.45, 2.75) is 6.54 Å². The third-order valence-corrected chi connectivity index (χ3v) is 2.78. The monoisotopic (exact) mass is 264 g/mol. The molecule has 0 saturated carbocycles. The van der Waals surface area contributed by atoms with Crippen molar-refractivity contribution in [2.75, 3.05) is 7.05 Å². The number of hydrogen-bond acceptors (Lipinski definition) is 2. The molecular formula is C16H16N4. The van der Waals surface area contributed by atoms with Crippen LogP contribution in [-0.4, -0.2) is 17.9 Å². The van der Waals surface area contributed by atoms with E-state index in [9.17, 15) is 0 Å². The smallest absolute Gasteiger partial charge is 0.212 e. The second-order valence-electron chi connectivity index (χ2n) is 4.35. The van der Waals surface area contributed by atoms with Crippen LogP contribution >= 0.6 is 0 Å². The van der Waals surface area contributed by atoms with Crippen LogP contribution in [0.25, 0.3) is 0 Å². The van der Waals surface area contributed by atoms with Gasteiger partial charge in [0.15, 0.2) is 6.19 Å². The summed E-state index contributed by atoms with van der Waals surface area (Å²) in [7, 11) is 1.90. The van der Waals surface area contributed by atoms with Crippen LogP contribution in [0.2, 0.25) is 0 Å². The summed E-state index contributed by atoms with van der Waals surface area (Å²) < 4.78 is 0. The predicted octanol–water partition coefficient (Wildman–Crippen LogP) is 2.88. The molecule has 0 atom stereocenters. The summed E-state index contributed by atoms with van der Waals surface area (Å²) in [6.45, 7) is 0.682. The van der Waals surface area contributed by atoms with Crippen LogP contribution in [0.3, 0.4) is 0 Å². The summed E-state index contributed by atoms with van der Waals surface area (Å²) in [6.07, 6.45) is 1.93. The lowest BCUT2D eigenvalue weighted by Crippen LogP contribution is -2.35. The van der Waals surface area contributed by atoms with Gasteiger partial charge in [-0.15, -0.1) is 0 Å². The summed E-state index contributed by atoms with van der Waals surface area (Å²) in [5, 5.41) is 11.5. The maximum atomic E-state index is 8.86. The van der Waals surface area contributed by atoms with E-state index in [4.69, 9.17) is 5.26 Å². The number of nitrogens with one attached hydrogen (secondary N) is 1. The molecule has 2 rings (SSSR count). The fraction of sp³-hybridized carbons (Fsp3) is 0.125. The molecule has 0 aliphatic rings. The summed E-state index contributed by atoms with van der Waals surface area (Å²) in [6, 6.07) is 19.6. The Labute approximate surface area is 119 Å². The van der Waals surface area contributed by atoms with Gasteiger partial charge >= 0.3 is 0 Å². The van der Waals surface area contributed by atoms with Crippen LogP contribution < -0.4 is 5.32 Å². The zero-order valence-electron chi connectivity index (χ0n) is 11.3. The molecule has 2 aromatic rings. The van der Waals surface area contributed by atoms with Gasteiger partial charge in [0.25, 0.3) is 0 Å². The minimum Gasteiger partial charge on any atom is -0.341 e. The van der Waals surface area contributed by atoms with Crippen LogP contribution in [0, 0.1) is 11.5 Å². The van der Waals surface area contributed by atoms with Crippen molar-refractivity contribution in [2.24, 2.45) is 4.99 Å². The van der Waals surface area contributed by atoms with Gasteiger partial charge < -0.3 is 4.90 Å². The fourth-order valence-corrected chi connectivity index (χ4v) is 1.82. The number of aliphatic imine (C=N–C) groups is 1. The molecule has 1 N–H and O–H groups in total. The van der Waals surface area contributed by atoms with E-state index >= 15 is 0 Å². The number of hydrogen-bond donors (Lipinski definition) is 1. The normalized spacial score (nSPS) is 10.7. The first-order valence-electron chi connectivity index (χ1n) is 6.33. The van der Waals surface area contributed by atoms with Gasteiger partial charge in [-0.2, -0.15) is 5.26 Å². The van der Waals surface area contributed by atoms with Gasteiger partial charge in [0, 0.05) is 13.6 Å². The van der Waals surface area contributed by atoms with E-state index in [0.717, 1.165) is 11.3 Å². The van der Waals surface area contributed by atoms with Gasteiger partial charge in [0.05, 0.1) is 5.69 Å². The van der Waals surface area contributed by atoms with Crippen LogP contribution in [0.5, 0.6) is 0 Å². The SMILES string of the molecule is CN(Cc1ccccc1)C(=Nc1ccccc1)NC#N. The van der Waals surface area contributed by atoms with Crippen molar-refractivity contribution in [1.29, 1.82) is 5.26 Å². The van der Waals surface area contributed by atoms with E-state index in [1.807, 2.05) is 78.8 Å². The minimum atomic E-state index is 0.530. The van der Waals surface area contributed by atoms with E-state index in [2.05, 4.69) is 10.3 Å². The lowest BCUT2D eigenvalue weighted by molar-refractivity contribution is 0.487. The van der Waals surface area contributed by atoms with Gasteiger partial charge in [-0.1, -0.05) is 48.5 Å². The zero-order chi connectivity index (χ0) is 14.2. The Morgan fingerprint density at radius 3 is 2.30 bits per heavy atom. The molecular weight excluding hydrogens is 248 g/mol. The number of para-hydroxylation sites is 1. The minimum absolute atomic E-state index is 0.530. The molecule has 0 aliphatic carbocycles. The average Bonchev–Trinajstić information content (AvgIpc) is 2.49. The first-order valence-corrected chi connectivity index (χ1v) is 6.33. The quantitative estimate of drug-likeness (QED) is 0.401. The van der Waals surface area contributed by atoms with Gasteiger partial charge in [0.1, 0.15) is 0 Å². The highest BCUT2D eigenvalue weighted by Gasteiger charge is 2.06. The molecule has 20 heavy (non-hydrogen) atoms. The highest BCUT2D eigenvalue weighted by atomic mass is 15.3. The maximum Gasteiger partial charge on any atom is 0.212 e. The molecule has 0 aliphatic heterocycles. The van der Waals surface area contributed by atoms with Crippen LogP contribution in [0.1, 0.15) is 5.56 Å². The third kappa shape index (κ3) is 3.85. The van der Waals surface area contributed by atoms with Crippen LogP contribution in [0.15, 0.2) is 65.7 Å². The van der Waals surface area contributed by atoms with E-state index in [1.165, 1.54) is 0 Å². The second-order valence-corrected chi connectivity index (χ2v) is 4.35. The Morgan fingerprint density at radius 2 is 1.70 bits per heavy atom. The number of nitriles is 1. The summed E-state index contributed by atoms with van der Waals surface area (Å²) in [5.41, 5.74) is 1.97. The first kappa shape index (κ1) is 13.6. The highest BCUT2D eigenvalue weighted by molar-refractivity contribution is 5.83. The summed E-state index contributed by atoms with van der Waals surface area (Å²) >= 11 is 0. The second kappa shape index (κ2) is 6.95. The molecule has 0 spiro atoms. The van der Waals surface area contributed by atoms with Gasteiger partial charge in [-0.3, -0.25) is 5.32 Å². The Kier molecular flexibility index (Phi) is 4.74. The summed E-state index contributed by atoms with van der Waals surface area (Å²) in [5.74, 6) is 0.530. The van der Waals surface area contributed by atoms with Crippen molar-refractivity contribution < 1.29 is 0 Å². The standard InChI is InChI=1S/C16H16N4/c1-20(12-14-8-4-2-5-9-14)16(18-13-17)19-15-10-6-3-7-11-15/h2-11H,12H2,1H3,(H,18,19). The molecule has 0 fully saturated rings. The van der Waals surface area contributed by atoms with Crippen molar-refractivity contribution in [3.8, 4) is 6.19 Å². The van der Waals surface area contributed by atoms with Gasteiger partial charge in [-0.05, 0) is 17.7 Å². The Bertz CT molecular complexity index is 599. The van der Waals surface area contributed by atoms with E-state index in [0.29, 0.717) is 12.5 Å². The third-order valence-electron chi connectivity index (χ3n) is 2.78. The Balaban J connectivity index is 2.16. The molecule has 0 unspecified atom stereocenters. The molecule has 0 heterocycles. The van der Waals surface area contributed by atoms with Crippen LogP contribution in [-0.2, 0) is 6.54 Å². The molecule has 4 heteroatoms. The molecule has 0 radical (unpaired) electrons. The van der Waals surface area contributed by atoms with Crippen molar-refractivity contribution in [1.82, 2.24) is 10.2 Å². The molecule has 0 amide bonds.